The summed E-state index contributed by atoms with van der Waals surface area (Å²) >= 11 is 0. The summed E-state index contributed by atoms with van der Waals surface area (Å²) in [5.74, 6) is -1.03. The molecule has 0 aliphatic carbocycles. The Bertz CT molecular complexity index is 478. The topological polar surface area (TPSA) is 76.0 Å². The third-order valence-electron chi connectivity index (χ3n) is 2.57. The number of aryl methyl sites for hydroxylation is 1. The third-order valence-corrected chi connectivity index (χ3v) is 2.57. The van der Waals surface area contributed by atoms with Gasteiger partial charge >= 0.3 is 5.97 Å². The molecule has 1 unspecified atom stereocenters. The molecule has 5 heteroatoms. The predicted octanol–water partition coefficient (Wildman–Crippen LogP) is 1.62. The van der Waals surface area contributed by atoms with Crippen molar-refractivity contribution in [2.24, 2.45) is 0 Å². The van der Waals surface area contributed by atoms with E-state index >= 15 is 0 Å². The van der Waals surface area contributed by atoms with Gasteiger partial charge in [0.2, 0.25) is 5.79 Å². The van der Waals surface area contributed by atoms with E-state index in [2.05, 4.69) is 0 Å². The molecule has 0 fully saturated rings. The van der Waals surface area contributed by atoms with E-state index in [1.54, 1.807) is 26.8 Å². The van der Waals surface area contributed by atoms with Crippen molar-refractivity contribution in [3.05, 3.63) is 23.3 Å². The molecule has 2 rings (SSSR count). The summed E-state index contributed by atoms with van der Waals surface area (Å²) in [4.78, 5) is 10.8. The molecule has 0 amide bonds. The first-order chi connectivity index (χ1) is 7.80. The Labute approximate surface area is 98.6 Å². The highest BCUT2D eigenvalue weighted by Crippen LogP contribution is 2.41. The van der Waals surface area contributed by atoms with E-state index in [1.165, 1.54) is 6.07 Å². The quantitative estimate of drug-likeness (QED) is 0.818. The van der Waals surface area contributed by atoms with Crippen LogP contribution in [0.25, 0.3) is 0 Å². The van der Waals surface area contributed by atoms with E-state index in [1.807, 2.05) is 0 Å². The third kappa shape index (κ3) is 2.06. The smallest absolute Gasteiger partial charge is 0.337 e. The minimum absolute atomic E-state index is 0.317. The molecular weight excluding hydrogens is 224 g/mol. The summed E-state index contributed by atoms with van der Waals surface area (Å²) in [7, 11) is 0. The van der Waals surface area contributed by atoms with Crippen molar-refractivity contribution in [2.45, 2.75) is 32.7 Å². The lowest BCUT2D eigenvalue weighted by Crippen LogP contribution is -2.29. The molecule has 1 aromatic rings. The molecule has 1 heterocycles. The number of aliphatic hydroxyl groups is 1. The van der Waals surface area contributed by atoms with Gasteiger partial charge in [-0.05, 0) is 30.2 Å². The largest absolute Gasteiger partial charge is 0.479 e. The number of aliphatic hydroxyl groups excluding tert-OH is 1. The van der Waals surface area contributed by atoms with Gasteiger partial charge in [-0.2, -0.15) is 0 Å². The molecule has 1 aromatic carbocycles. The fraction of sp³-hybridized carbons (Fsp3) is 0.417. The molecule has 5 nitrogen and oxygen atoms in total. The van der Waals surface area contributed by atoms with Crippen LogP contribution in [0.5, 0.6) is 11.5 Å². The number of benzene rings is 1. The number of aliphatic carboxylic acids is 1. The van der Waals surface area contributed by atoms with Crippen molar-refractivity contribution in [3.63, 3.8) is 0 Å². The summed E-state index contributed by atoms with van der Waals surface area (Å²) < 4.78 is 11.0. The van der Waals surface area contributed by atoms with Crippen LogP contribution in [-0.2, 0) is 4.79 Å². The lowest BCUT2D eigenvalue weighted by molar-refractivity contribution is -0.147. The molecule has 0 bridgehead atoms. The fourth-order valence-electron chi connectivity index (χ4n) is 1.81. The predicted molar refractivity (Wildman–Crippen MR) is 59.1 cm³/mol. The van der Waals surface area contributed by atoms with Gasteiger partial charge in [0.1, 0.15) is 0 Å². The number of rotatable bonds is 2. The minimum Gasteiger partial charge on any atom is -0.479 e. The highest BCUT2D eigenvalue weighted by atomic mass is 16.7. The van der Waals surface area contributed by atoms with Crippen LogP contribution in [0, 0.1) is 6.92 Å². The van der Waals surface area contributed by atoms with Crippen molar-refractivity contribution < 1.29 is 24.5 Å². The minimum atomic E-state index is -1.55. The van der Waals surface area contributed by atoms with Crippen molar-refractivity contribution in [1.82, 2.24) is 0 Å². The average Bonchev–Trinajstić information content (AvgIpc) is 2.48. The Morgan fingerprint density at radius 3 is 2.35 bits per heavy atom. The second kappa shape index (κ2) is 3.63. The Kier molecular flexibility index (Phi) is 2.50. The van der Waals surface area contributed by atoms with Crippen LogP contribution in [0.3, 0.4) is 0 Å². The molecule has 2 N–H and O–H groups in total. The maximum Gasteiger partial charge on any atom is 0.337 e. The van der Waals surface area contributed by atoms with Crippen molar-refractivity contribution in [3.8, 4) is 11.5 Å². The number of carboxylic acids is 1. The highest BCUT2D eigenvalue weighted by Gasteiger charge is 2.33. The van der Waals surface area contributed by atoms with Crippen LogP contribution in [0.1, 0.15) is 31.1 Å². The number of carboxylic acid groups (broad SMARTS) is 1. The van der Waals surface area contributed by atoms with Crippen molar-refractivity contribution >= 4 is 5.97 Å². The van der Waals surface area contributed by atoms with Gasteiger partial charge in [-0.3, -0.25) is 0 Å². The summed E-state index contributed by atoms with van der Waals surface area (Å²) in [6.45, 7) is 5.24. The van der Waals surface area contributed by atoms with E-state index in [4.69, 9.17) is 14.6 Å². The molecule has 17 heavy (non-hydrogen) atoms. The zero-order chi connectivity index (χ0) is 12.8. The van der Waals surface area contributed by atoms with Gasteiger partial charge in [0, 0.05) is 13.8 Å². The van der Waals surface area contributed by atoms with Crippen molar-refractivity contribution in [1.29, 1.82) is 0 Å². The molecule has 0 spiro atoms. The standard InChI is InChI=1S/C12H14O5/c1-6-4-8-9(17-12(2,3)16-8)5-7(6)10(13)11(14)15/h4-5,10,13H,1-3H3,(H,14,15). The van der Waals surface area contributed by atoms with Crippen LogP contribution in [-0.4, -0.2) is 22.0 Å². The molecule has 0 radical (unpaired) electrons. The van der Waals surface area contributed by atoms with E-state index in [-0.39, 0.29) is 0 Å². The molecule has 0 aromatic heterocycles. The van der Waals surface area contributed by atoms with Crippen LogP contribution >= 0.6 is 0 Å². The summed E-state index contributed by atoms with van der Waals surface area (Å²) in [5.41, 5.74) is 0.970. The molecule has 0 saturated heterocycles. The molecule has 92 valence electrons. The van der Waals surface area contributed by atoms with Crippen LogP contribution < -0.4 is 9.47 Å². The lowest BCUT2D eigenvalue weighted by Gasteiger charge is -2.16. The molecule has 1 aliphatic heterocycles. The van der Waals surface area contributed by atoms with Crippen molar-refractivity contribution in [2.75, 3.05) is 0 Å². The Morgan fingerprint density at radius 2 is 1.82 bits per heavy atom. The SMILES string of the molecule is Cc1cc2c(cc1C(O)C(=O)O)OC(C)(C)O2. The van der Waals surface area contributed by atoms with Crippen LogP contribution in [0.4, 0.5) is 0 Å². The van der Waals surface area contributed by atoms with Gasteiger partial charge in [0.05, 0.1) is 0 Å². The average molecular weight is 238 g/mol. The number of carbonyl (C=O) groups is 1. The first kappa shape index (κ1) is 11.7. The van der Waals surface area contributed by atoms with E-state index in [0.717, 1.165) is 0 Å². The van der Waals surface area contributed by atoms with Gasteiger partial charge in [-0.15, -0.1) is 0 Å². The Balaban J connectivity index is 2.44. The molecule has 0 saturated carbocycles. The zero-order valence-corrected chi connectivity index (χ0v) is 9.85. The van der Waals surface area contributed by atoms with Gasteiger partial charge in [0.15, 0.2) is 17.6 Å². The number of fused-ring (bicyclic) bond motifs is 1. The summed E-state index contributed by atoms with van der Waals surface area (Å²) in [5, 5.41) is 18.3. The Morgan fingerprint density at radius 1 is 1.29 bits per heavy atom. The second-order valence-corrected chi connectivity index (χ2v) is 4.50. The zero-order valence-electron chi connectivity index (χ0n) is 9.85. The summed E-state index contributed by atoms with van der Waals surface area (Å²) in [6.07, 6.45) is -1.55. The second-order valence-electron chi connectivity index (χ2n) is 4.50. The first-order valence-electron chi connectivity index (χ1n) is 5.23. The van der Waals surface area contributed by atoms with Gasteiger partial charge < -0.3 is 19.7 Å². The normalized spacial score (nSPS) is 17.9. The maximum atomic E-state index is 10.8. The maximum absolute atomic E-state index is 10.8. The number of hydrogen-bond acceptors (Lipinski definition) is 4. The van der Waals surface area contributed by atoms with E-state index < -0.39 is 17.9 Å². The summed E-state index contributed by atoms with van der Waals surface area (Å²) in [6, 6.07) is 3.18. The van der Waals surface area contributed by atoms with Crippen LogP contribution in [0.2, 0.25) is 0 Å². The molecule has 1 aliphatic rings. The fourth-order valence-corrected chi connectivity index (χ4v) is 1.81. The highest BCUT2D eigenvalue weighted by molar-refractivity contribution is 5.75. The lowest BCUT2D eigenvalue weighted by atomic mass is 10.0. The monoisotopic (exact) mass is 238 g/mol. The molecule has 1 atom stereocenters. The van der Waals surface area contributed by atoms with Gasteiger partial charge in [-0.25, -0.2) is 4.79 Å². The number of ether oxygens (including phenoxy) is 2. The van der Waals surface area contributed by atoms with E-state index in [9.17, 15) is 9.90 Å². The first-order valence-corrected chi connectivity index (χ1v) is 5.23. The van der Waals surface area contributed by atoms with Gasteiger partial charge in [0.25, 0.3) is 0 Å². The van der Waals surface area contributed by atoms with E-state index in [0.29, 0.717) is 22.6 Å². The van der Waals surface area contributed by atoms with Crippen LogP contribution in [0.15, 0.2) is 12.1 Å². The molecular formula is C12H14O5. The van der Waals surface area contributed by atoms with Gasteiger partial charge in [-0.1, -0.05) is 0 Å². The number of hydrogen-bond donors (Lipinski definition) is 2. The Hall–Kier alpha value is -1.75.